The van der Waals surface area contributed by atoms with E-state index in [1.807, 2.05) is 190 Å². The Bertz CT molecular complexity index is 6100. The van der Waals surface area contributed by atoms with Gasteiger partial charge in [-0.3, -0.25) is 57.5 Å². The molecule has 0 aliphatic carbocycles. The molecule has 47 heteroatoms. The zero-order chi connectivity index (χ0) is 104. The number of carbonyl (C=O) groups excluding carboxylic acids is 6. The molecule has 8 aromatic rings. The summed E-state index contributed by atoms with van der Waals surface area (Å²) in [7, 11) is 4.24. The van der Waals surface area contributed by atoms with Gasteiger partial charge in [0.1, 0.15) is 81.8 Å². The molecule has 5 unspecified atom stereocenters. The van der Waals surface area contributed by atoms with E-state index in [1.165, 1.54) is 5.32 Å². The molecule has 772 valence electrons. The first-order valence-corrected chi connectivity index (χ1v) is 45.9. The quantitative estimate of drug-likeness (QED) is 0.00566. The van der Waals surface area contributed by atoms with E-state index >= 15 is 0 Å². The van der Waals surface area contributed by atoms with Gasteiger partial charge >= 0.3 is 59.7 Å². The van der Waals surface area contributed by atoms with Crippen molar-refractivity contribution in [3.8, 4) is 52.7 Å². The van der Waals surface area contributed by atoms with Gasteiger partial charge in [-0.15, -0.1) is 0 Å². The molecule has 4 aliphatic heterocycles. The number of fused-ring (bicyclic) bond motifs is 4. The molecule has 4 bridgehead atoms. The number of nitrogens with zero attached hydrogens (tertiary/aromatic N) is 4. The average Bonchev–Trinajstić information content (AvgIpc) is 1.55. The first-order chi connectivity index (χ1) is 67.8. The summed E-state index contributed by atoms with van der Waals surface area (Å²) in [6, 6.07) is 47.5. The summed E-state index contributed by atoms with van der Waals surface area (Å²) in [5.41, 5.74) is -4.44. The number of amides is 6. The number of nitriles is 1. The molecule has 12 rings (SSSR count). The molecule has 4 saturated heterocycles. The Morgan fingerprint density at radius 3 is 1.19 bits per heavy atom. The van der Waals surface area contributed by atoms with Gasteiger partial charge in [0.25, 0.3) is 19.6 Å². The maximum atomic E-state index is 14.0. The fourth-order valence-corrected chi connectivity index (χ4v) is 19.2. The summed E-state index contributed by atoms with van der Waals surface area (Å²) < 4.78 is 220. The molecular weight excluding hydrogens is 2110 g/mol. The Morgan fingerprint density at radius 1 is 0.493 bits per heavy atom. The Kier molecular flexibility index (Phi) is 38.7. The number of alkyl halides is 12. The van der Waals surface area contributed by atoms with Gasteiger partial charge in [0.15, 0.2) is 12.5 Å². The first-order valence-electron chi connectivity index (χ1n) is 44.7. The summed E-state index contributed by atoms with van der Waals surface area (Å²) in [6.45, 7) is 5.58. The first kappa shape index (κ1) is 113. The number of benzene rings is 6. The number of hydrogen-bond donors (Lipinski definition) is 9. The molecule has 0 saturated carbocycles. The predicted molar refractivity (Wildman–Crippen MR) is 489 cm³/mol. The third-order valence-electron chi connectivity index (χ3n) is 24.2. The smallest absolute Gasteiger partial charge is 0.471 e. The van der Waals surface area contributed by atoms with Crippen LogP contribution in [0.2, 0.25) is 0 Å². The molecule has 33 nitrogen and oxygen atoms in total. The summed E-state index contributed by atoms with van der Waals surface area (Å²) in [5.74, 6) is 0.803. The zero-order valence-corrected chi connectivity index (χ0v) is 82.4. The van der Waals surface area contributed by atoms with E-state index in [2.05, 4.69) is 50.4 Å². The standard InChI is InChI=1S/C53H60F6N7O11P.C44H43F6N5O10.W/c1-33(2)66(34(3)4)78(75-29-13-26-60)77-43-42-46(76-50(43,32-74-42)31-51(36-15-8-7-9-16-36,37-18-22-39(72-5)23-19-37)38-20-24-40(73-6)25-21-38)65-30-35(44(67)64-49(65)71)14-12-28-61-45(68)41(63-48(70)53(57,58)59)17-10-11-27-62-47(69)52(54,55)56;1-62-30-17-13-28(14-18-30)42(27-10-4-3-5-11-27,29-15-19-31(63-2)20-16-29)24-41-25-64-33(34(41)56)37(65-41)55-23-26(35(57)54-40(55)61)9-8-22-51-36(58)32(53-39(60)44(48,49)50)12-6-7-21-52-38(59)43(45,46)47;/h7-9,15-16,18-25,30,33-34,41-43,46H,10-11,13,17,27-29,31-32H2,1-6H3,(H,61,68)(H,62,69)(H,63,70)(H,64,67,71);3-5,10-11,13-20,23,32-34,37,56H,6-7,12,21-22,24-25H2,1-2H3,(H,51,58)(H,52,59)(H,53,60)(H,54,57,61);/t41?,42?,43-,46-,50+,78?;32?,33?,34-,37-,41+;/m11./s1. The molecule has 6 aromatic carbocycles. The van der Waals surface area contributed by atoms with E-state index in [0.717, 1.165) is 54.9 Å². The minimum atomic E-state index is -5.39. The number of hydrogen-bond acceptors (Lipinski definition) is 23. The molecule has 2 aromatic heterocycles. The van der Waals surface area contributed by atoms with Crippen LogP contribution < -0.4 is 73.3 Å². The largest absolute Gasteiger partial charge is 0.497 e. The number of carbonyl (C=O) groups is 6. The second-order valence-corrected chi connectivity index (χ2v) is 35.4. The fourth-order valence-electron chi connectivity index (χ4n) is 17.4. The molecule has 0 spiro atoms. The number of aliphatic hydroxyl groups excluding tert-OH is 1. The second-order valence-electron chi connectivity index (χ2n) is 34.0. The number of rotatable bonds is 40. The minimum Gasteiger partial charge on any atom is -0.497 e. The van der Waals surface area contributed by atoms with Crippen molar-refractivity contribution < 1.29 is 155 Å². The Hall–Kier alpha value is -12.7. The predicted octanol–water partition coefficient (Wildman–Crippen LogP) is 10.0. The van der Waals surface area contributed by atoms with E-state index in [0.29, 0.717) is 23.0 Å². The van der Waals surface area contributed by atoms with Gasteiger partial charge in [0, 0.05) is 69.5 Å². The topological polar surface area (TPSA) is 424 Å². The van der Waals surface area contributed by atoms with Gasteiger partial charge in [-0.05, 0) is 161 Å². The monoisotopic (exact) mass is 2210 g/mol. The number of halogens is 12. The third-order valence-corrected chi connectivity index (χ3v) is 26.3. The maximum Gasteiger partial charge on any atom is 0.471 e. The van der Waals surface area contributed by atoms with Crippen LogP contribution in [0.5, 0.6) is 23.0 Å². The van der Waals surface area contributed by atoms with Gasteiger partial charge in [-0.1, -0.05) is 133 Å². The molecular formula is C97H103F12N12O21PW. The van der Waals surface area contributed by atoms with Crippen LogP contribution >= 0.6 is 8.53 Å². The normalized spacial score (nSPS) is 19.1. The Labute approximate surface area is 832 Å². The van der Waals surface area contributed by atoms with Crippen LogP contribution in [0.1, 0.15) is 142 Å². The molecule has 0 radical (unpaired) electrons. The number of unbranched alkanes of at least 4 members (excludes halogenated alkanes) is 2. The summed E-state index contributed by atoms with van der Waals surface area (Å²) >= 11 is 0. The van der Waals surface area contributed by atoms with Gasteiger partial charge < -0.3 is 83.9 Å². The van der Waals surface area contributed by atoms with Gasteiger partial charge in [-0.25, -0.2) is 14.3 Å². The van der Waals surface area contributed by atoms with Gasteiger partial charge in [0.05, 0.1) is 73.8 Å². The maximum absolute atomic E-state index is 14.0. The van der Waals surface area contributed by atoms with E-state index < -0.39 is 201 Å². The molecule has 6 amide bonds. The number of nitrogens with one attached hydrogen (secondary N) is 8. The van der Waals surface area contributed by atoms with Crippen molar-refractivity contribution in [2.75, 3.05) is 74.4 Å². The van der Waals surface area contributed by atoms with Gasteiger partial charge in [0.2, 0.25) is 11.8 Å². The van der Waals surface area contributed by atoms with Crippen molar-refractivity contribution in [1.29, 1.82) is 5.26 Å². The summed E-state index contributed by atoms with van der Waals surface area (Å²) in [4.78, 5) is 130. The number of aromatic amines is 2. The van der Waals surface area contributed by atoms with Crippen LogP contribution in [0.15, 0.2) is 189 Å². The fraction of sp³-hybridized carbons (Fsp3) is 0.433. The van der Waals surface area contributed by atoms with Crippen LogP contribution in [-0.4, -0.2) is 223 Å². The summed E-state index contributed by atoms with van der Waals surface area (Å²) in [5, 5.41) is 32.3. The number of ether oxygens (including phenoxy) is 8. The Morgan fingerprint density at radius 2 is 0.833 bits per heavy atom. The van der Waals surface area contributed by atoms with Crippen LogP contribution in [0, 0.1) is 35.0 Å². The van der Waals surface area contributed by atoms with Crippen LogP contribution in [0.25, 0.3) is 0 Å². The van der Waals surface area contributed by atoms with Crippen molar-refractivity contribution in [2.45, 2.75) is 193 Å². The van der Waals surface area contributed by atoms with Crippen LogP contribution in [0.3, 0.4) is 0 Å². The van der Waals surface area contributed by atoms with Gasteiger partial charge in [-0.2, -0.15) is 57.9 Å². The summed E-state index contributed by atoms with van der Waals surface area (Å²) in [6.07, 6.45) is -27.4. The number of aromatic nitrogens is 4. The molecule has 11 atom stereocenters. The number of H-pyrrole nitrogens is 2. The molecule has 4 aliphatic rings. The van der Waals surface area contributed by atoms with E-state index in [9.17, 15) is 111 Å². The zero-order valence-electron chi connectivity index (χ0n) is 78.5. The van der Waals surface area contributed by atoms with E-state index in [4.69, 9.17) is 46.9 Å². The minimum absolute atomic E-state index is 0. The molecule has 144 heavy (non-hydrogen) atoms. The average molecular weight is 2220 g/mol. The SMILES string of the molecule is COc1ccc(C(C[C@@]23COC([C@H](n4cc(C#CCNC(=O)C(CCCCNC(=O)C(F)(F)F)NC(=O)C(F)(F)F)c(=O)[nH]c4=O)O2)[C@H]3O)(c2ccccc2)c2ccc(OC)cc2)cc1.COc1ccc(C(C[C@@]23COC([C@H](n4cc(C#CCNC(=O)C(CCCCNC(=O)C(F)(F)F)NC(=O)C(F)(F)F)c(=O)[nH]c4=O)O2)[C@H]3OP(OCCC#N)N(C(C)C)C(C)C)(c2ccccc2)c2ccc(OC)cc2)cc1.[W]. The van der Waals surface area contributed by atoms with Crippen molar-refractivity contribution in [3.63, 3.8) is 0 Å². The third kappa shape index (κ3) is 27.1. The van der Waals surface area contributed by atoms with Crippen molar-refractivity contribution in [2.24, 2.45) is 0 Å². The van der Waals surface area contributed by atoms with E-state index in [1.54, 1.807) is 44.4 Å². The van der Waals surface area contributed by atoms with Crippen LogP contribution in [0.4, 0.5) is 52.7 Å². The number of aliphatic hydroxyl groups is 1. The van der Waals surface area contributed by atoms with Crippen LogP contribution in [-0.2, 0) is 88.7 Å². The van der Waals surface area contributed by atoms with Crippen molar-refractivity contribution in [1.82, 2.24) is 55.7 Å². The Balaban J connectivity index is 0.000000298. The second kappa shape index (κ2) is 49.2. The molecule has 9 N–H and O–H groups in total. The molecule has 4 fully saturated rings. The number of methoxy groups -OCH3 is 4. The van der Waals surface area contributed by atoms with E-state index in [-0.39, 0.29) is 109 Å². The van der Waals surface area contributed by atoms with Crippen molar-refractivity contribution >= 4 is 44.0 Å². The molecule has 6 heterocycles. The van der Waals surface area contributed by atoms with Crippen molar-refractivity contribution in [3.05, 3.63) is 256 Å².